The van der Waals surface area contributed by atoms with Gasteiger partial charge in [0.25, 0.3) is 0 Å². The van der Waals surface area contributed by atoms with E-state index in [4.69, 9.17) is 9.47 Å². The summed E-state index contributed by atoms with van der Waals surface area (Å²) in [5.41, 5.74) is 1.37. The Kier molecular flexibility index (Phi) is 8.43. The molecule has 1 heterocycles. The van der Waals surface area contributed by atoms with E-state index in [9.17, 15) is 29.7 Å². The van der Waals surface area contributed by atoms with E-state index in [-0.39, 0.29) is 24.8 Å². The molecule has 44 heavy (non-hydrogen) atoms. The first-order valence-corrected chi connectivity index (χ1v) is 14.9. The number of esters is 2. The van der Waals surface area contributed by atoms with Gasteiger partial charge < -0.3 is 9.47 Å². The molecule has 0 bridgehead atoms. The van der Waals surface area contributed by atoms with Crippen LogP contribution < -0.4 is 0 Å². The number of fused-ring (bicyclic) bond motifs is 3. The van der Waals surface area contributed by atoms with Crippen LogP contribution in [0, 0.1) is 57.7 Å². The zero-order chi connectivity index (χ0) is 31.8. The molecule has 1 saturated heterocycles. The highest BCUT2D eigenvalue weighted by Gasteiger charge is 2.67. The van der Waals surface area contributed by atoms with Crippen molar-refractivity contribution in [3.8, 4) is 12.1 Å². The van der Waals surface area contributed by atoms with Crippen LogP contribution in [0.2, 0.25) is 0 Å². The number of hydrogen-bond donors (Lipinski definition) is 0. The molecule has 0 aromatic heterocycles. The van der Waals surface area contributed by atoms with Crippen molar-refractivity contribution in [2.45, 2.75) is 39.0 Å². The normalized spacial score (nSPS) is 29.3. The van der Waals surface area contributed by atoms with Gasteiger partial charge in [-0.2, -0.15) is 10.5 Å². The molecule has 1 saturated carbocycles. The van der Waals surface area contributed by atoms with E-state index < -0.39 is 52.9 Å². The Morgan fingerprint density at radius 3 is 2.25 bits per heavy atom. The second-order valence-corrected chi connectivity index (χ2v) is 11.9. The van der Waals surface area contributed by atoms with E-state index >= 15 is 0 Å². The molecule has 226 valence electrons. The van der Waals surface area contributed by atoms with E-state index in [1.807, 2.05) is 30.3 Å². The number of ether oxygens (including phenoxy) is 2. The summed E-state index contributed by atoms with van der Waals surface area (Å²) >= 11 is 0. The number of likely N-dealkylation sites (tertiary alicyclic amines) is 1. The highest BCUT2D eigenvalue weighted by molar-refractivity contribution is 6.07. The van der Waals surface area contributed by atoms with Gasteiger partial charge in [-0.1, -0.05) is 55.0 Å². The van der Waals surface area contributed by atoms with E-state index in [0.717, 1.165) is 10.5 Å². The minimum Gasteiger partial charge on any atom is -0.468 e. The number of amides is 2. The van der Waals surface area contributed by atoms with E-state index in [1.54, 1.807) is 38.1 Å². The van der Waals surface area contributed by atoms with Crippen LogP contribution in [0.5, 0.6) is 0 Å². The van der Waals surface area contributed by atoms with E-state index in [0.29, 0.717) is 35.1 Å². The van der Waals surface area contributed by atoms with Gasteiger partial charge in [-0.3, -0.25) is 19.3 Å². The van der Waals surface area contributed by atoms with Crippen LogP contribution in [0.4, 0.5) is 0 Å². The van der Waals surface area contributed by atoms with Gasteiger partial charge >= 0.3 is 11.9 Å². The molecule has 2 fully saturated rings. The molecular formula is C35H35N3O6. The summed E-state index contributed by atoms with van der Waals surface area (Å²) in [7, 11) is 2.67. The van der Waals surface area contributed by atoms with Crippen LogP contribution in [0.25, 0.3) is 0 Å². The lowest BCUT2D eigenvalue weighted by Crippen LogP contribution is -2.55. The molecule has 2 aromatic carbocycles. The Balaban J connectivity index is 1.76. The third-order valence-corrected chi connectivity index (χ3v) is 10.0. The fourth-order valence-electron chi connectivity index (χ4n) is 7.99. The molecular weight excluding hydrogens is 558 g/mol. The number of benzene rings is 2. The zero-order valence-electron chi connectivity index (χ0n) is 25.3. The molecule has 1 aliphatic heterocycles. The standard InChI is InChI=1S/C35H35N3O6/c1-5-44-33(41)28-24(16-13-21-9-7-6-8-10-21)29-30(32(40)38(3)31(29)39)27-20(2)35(19-37,34(42)43-4)26(17-25(27)28)23-14-11-22(18-36)12-15-23/h6-12,14-15,20,24,26-27,29-30H,5,13,16-17H2,1-4H3/t20-,24+,26+,27-,29+,30-,35-/m1/s1. The molecule has 7 atom stereocenters. The molecule has 2 amide bonds. The third-order valence-electron chi connectivity index (χ3n) is 10.0. The van der Waals surface area contributed by atoms with E-state index in [1.165, 1.54) is 14.2 Å². The number of methoxy groups -OCH3 is 1. The van der Waals surface area contributed by atoms with Crippen LogP contribution >= 0.6 is 0 Å². The first-order chi connectivity index (χ1) is 21.2. The highest BCUT2D eigenvalue weighted by atomic mass is 16.5. The summed E-state index contributed by atoms with van der Waals surface area (Å²) in [6.45, 7) is 3.57. The van der Waals surface area contributed by atoms with Crippen molar-refractivity contribution in [1.82, 2.24) is 4.90 Å². The van der Waals surface area contributed by atoms with Gasteiger partial charge in [0.05, 0.1) is 43.3 Å². The van der Waals surface area contributed by atoms with Gasteiger partial charge in [0.15, 0.2) is 5.41 Å². The van der Waals surface area contributed by atoms with Crippen molar-refractivity contribution in [3.05, 3.63) is 82.4 Å². The lowest BCUT2D eigenvalue weighted by molar-refractivity contribution is -0.158. The van der Waals surface area contributed by atoms with Crippen LogP contribution in [0.1, 0.15) is 49.3 Å². The van der Waals surface area contributed by atoms with Gasteiger partial charge in [0, 0.05) is 24.5 Å². The summed E-state index contributed by atoms with van der Waals surface area (Å²) in [5, 5.41) is 20.2. The van der Waals surface area contributed by atoms with Crippen LogP contribution in [0.15, 0.2) is 65.7 Å². The van der Waals surface area contributed by atoms with Crippen molar-refractivity contribution in [3.63, 3.8) is 0 Å². The van der Waals surface area contributed by atoms with Gasteiger partial charge in [0.1, 0.15) is 0 Å². The smallest absolute Gasteiger partial charge is 0.334 e. The van der Waals surface area contributed by atoms with Gasteiger partial charge in [0.2, 0.25) is 11.8 Å². The summed E-state index contributed by atoms with van der Waals surface area (Å²) in [6, 6.07) is 20.8. The summed E-state index contributed by atoms with van der Waals surface area (Å²) in [6.07, 6.45) is 1.10. The third kappa shape index (κ3) is 4.68. The van der Waals surface area contributed by atoms with Crippen LogP contribution in [-0.4, -0.2) is 49.4 Å². The van der Waals surface area contributed by atoms with Crippen LogP contribution in [-0.2, 0) is 35.1 Å². The minimum absolute atomic E-state index is 0.105. The summed E-state index contributed by atoms with van der Waals surface area (Å²) in [5.74, 6) is -6.65. The predicted molar refractivity (Wildman–Crippen MR) is 158 cm³/mol. The van der Waals surface area contributed by atoms with Crippen LogP contribution in [0.3, 0.4) is 0 Å². The van der Waals surface area contributed by atoms with Gasteiger partial charge in [-0.25, -0.2) is 4.79 Å². The Morgan fingerprint density at radius 1 is 1.00 bits per heavy atom. The Hall–Kier alpha value is -4.76. The SMILES string of the molecule is CCOC(=O)C1=C2C[C@@H](c3ccc(C#N)cc3)[C@](C#N)(C(=O)OC)[C@H](C)[C@H]2[C@H]2C(=O)N(C)C(=O)[C@H]2[C@H]1CCc1ccccc1. The second-order valence-electron chi connectivity index (χ2n) is 11.9. The summed E-state index contributed by atoms with van der Waals surface area (Å²) in [4.78, 5) is 56.4. The van der Waals surface area contributed by atoms with Crippen molar-refractivity contribution in [2.24, 2.45) is 35.0 Å². The number of hydrogen-bond acceptors (Lipinski definition) is 8. The number of allylic oxidation sites excluding steroid dienone is 1. The minimum atomic E-state index is -1.73. The second kappa shape index (κ2) is 12.1. The molecule has 9 heteroatoms. The fourth-order valence-corrected chi connectivity index (χ4v) is 7.99. The molecule has 5 rings (SSSR count). The maximum atomic E-state index is 13.9. The Morgan fingerprint density at radius 2 is 1.66 bits per heavy atom. The maximum Gasteiger partial charge on any atom is 0.334 e. The molecule has 3 aliphatic rings. The van der Waals surface area contributed by atoms with Crippen molar-refractivity contribution < 1.29 is 28.7 Å². The molecule has 0 unspecified atom stereocenters. The Bertz CT molecular complexity index is 1600. The average Bonchev–Trinajstić information content (AvgIpc) is 3.27. The number of imide groups is 1. The Labute approximate surface area is 257 Å². The number of rotatable bonds is 7. The van der Waals surface area contributed by atoms with Gasteiger partial charge in [-0.15, -0.1) is 0 Å². The maximum absolute atomic E-state index is 13.9. The largest absolute Gasteiger partial charge is 0.468 e. The lowest BCUT2D eigenvalue weighted by Gasteiger charge is -2.52. The first kappa shape index (κ1) is 30.7. The highest BCUT2D eigenvalue weighted by Crippen LogP contribution is 2.63. The summed E-state index contributed by atoms with van der Waals surface area (Å²) < 4.78 is 10.9. The topological polar surface area (TPSA) is 138 Å². The first-order valence-electron chi connectivity index (χ1n) is 14.9. The van der Waals surface area contributed by atoms with Gasteiger partial charge in [-0.05, 0) is 61.3 Å². The number of carbonyl (C=O) groups is 4. The fraction of sp³-hybridized carbons (Fsp3) is 0.429. The van der Waals surface area contributed by atoms with Crippen molar-refractivity contribution in [2.75, 3.05) is 20.8 Å². The zero-order valence-corrected chi connectivity index (χ0v) is 25.3. The quantitative estimate of drug-likeness (QED) is 0.342. The number of nitriles is 2. The molecule has 9 nitrogen and oxygen atoms in total. The lowest BCUT2D eigenvalue weighted by atomic mass is 9.48. The molecule has 0 radical (unpaired) electrons. The number of nitrogens with zero attached hydrogens (tertiary/aromatic N) is 3. The monoisotopic (exact) mass is 593 g/mol. The molecule has 0 spiro atoms. The average molecular weight is 594 g/mol. The van der Waals surface area contributed by atoms with E-state index in [2.05, 4.69) is 12.1 Å². The number of carbonyl (C=O) groups excluding carboxylic acids is 4. The number of aryl methyl sites for hydroxylation is 1. The molecule has 2 aliphatic carbocycles. The van der Waals surface area contributed by atoms with Crippen molar-refractivity contribution in [1.29, 1.82) is 10.5 Å². The predicted octanol–water partition coefficient (Wildman–Crippen LogP) is 4.33. The van der Waals surface area contributed by atoms with Crippen molar-refractivity contribution >= 4 is 23.8 Å². The molecule has 2 aromatic rings. The molecule has 0 N–H and O–H groups in total.